The van der Waals surface area contributed by atoms with Crippen LogP contribution >= 0.6 is 0 Å². The Bertz CT molecular complexity index is 1060. The molecule has 2 rings (SSSR count). The number of hydrogen-bond donors (Lipinski definition) is 4. The molecule has 0 bridgehead atoms. The molecule has 2 aliphatic heterocycles. The molecule has 2 unspecified atom stereocenters. The third-order valence-electron chi connectivity index (χ3n) is 9.50. The molecule has 12 atom stereocenters. The molecule has 0 aliphatic carbocycles. The van der Waals surface area contributed by atoms with E-state index in [-0.39, 0.29) is 35.9 Å². The molecule has 0 radical (unpaired) electrons. The van der Waals surface area contributed by atoms with E-state index in [0.29, 0.717) is 6.42 Å². The highest BCUT2D eigenvalue weighted by atomic mass is 16.6. The van der Waals surface area contributed by atoms with E-state index in [9.17, 15) is 25.2 Å². The fourth-order valence-corrected chi connectivity index (χ4v) is 6.54. The number of cyclic esters (lactones) is 1. The number of esters is 1. The van der Waals surface area contributed by atoms with Crippen molar-refractivity contribution in [1.82, 2.24) is 0 Å². The molecular weight excluding hydrogens is 564 g/mol. The van der Waals surface area contributed by atoms with E-state index in [1.807, 2.05) is 66.7 Å². The number of ether oxygens (including phenoxy) is 4. The van der Waals surface area contributed by atoms with Gasteiger partial charge in [0.2, 0.25) is 5.76 Å². The van der Waals surface area contributed by atoms with Crippen LogP contribution in [0.1, 0.15) is 75.2 Å². The minimum atomic E-state index is -1.80. The Labute approximate surface area is 264 Å². The van der Waals surface area contributed by atoms with Crippen molar-refractivity contribution in [3.8, 4) is 0 Å². The Morgan fingerprint density at radius 3 is 2.25 bits per heavy atom. The average Bonchev–Trinajstić information content (AvgIpc) is 2.96. The first-order valence-electron chi connectivity index (χ1n) is 15.9. The van der Waals surface area contributed by atoms with Gasteiger partial charge in [-0.15, -0.1) is 0 Å². The summed E-state index contributed by atoms with van der Waals surface area (Å²) in [5.41, 5.74) is 1.78. The highest BCUT2D eigenvalue weighted by Crippen LogP contribution is 2.41. The first-order chi connectivity index (χ1) is 20.5. The van der Waals surface area contributed by atoms with Crippen LogP contribution in [-0.4, -0.2) is 83.0 Å². The van der Waals surface area contributed by atoms with Gasteiger partial charge in [-0.05, 0) is 38.2 Å². The molecular formula is C35H58O9. The van der Waals surface area contributed by atoms with Gasteiger partial charge in [-0.25, -0.2) is 4.79 Å². The quantitative estimate of drug-likeness (QED) is 0.298. The van der Waals surface area contributed by atoms with Gasteiger partial charge in [0.1, 0.15) is 12.2 Å². The molecule has 4 N–H and O–H groups in total. The zero-order chi connectivity index (χ0) is 33.5. The minimum absolute atomic E-state index is 0.00492. The molecule has 1 fully saturated rings. The first-order valence-corrected chi connectivity index (χ1v) is 15.9. The zero-order valence-corrected chi connectivity index (χ0v) is 28.6. The number of aliphatic hydroxyl groups excluding tert-OH is 3. The Morgan fingerprint density at radius 2 is 1.68 bits per heavy atom. The number of allylic oxidation sites excluding steroid dienone is 5. The van der Waals surface area contributed by atoms with E-state index in [2.05, 4.69) is 0 Å². The largest absolute Gasteiger partial charge is 0.490 e. The summed E-state index contributed by atoms with van der Waals surface area (Å²) in [6.45, 7) is 17.0. The monoisotopic (exact) mass is 622 g/mol. The van der Waals surface area contributed by atoms with Gasteiger partial charge in [0, 0.05) is 37.2 Å². The van der Waals surface area contributed by atoms with Gasteiger partial charge >= 0.3 is 5.97 Å². The smallest absolute Gasteiger partial charge is 0.373 e. The van der Waals surface area contributed by atoms with E-state index < -0.39 is 60.2 Å². The lowest BCUT2D eigenvalue weighted by molar-refractivity contribution is -0.328. The maximum atomic E-state index is 13.5. The Hall–Kier alpha value is -2.01. The summed E-state index contributed by atoms with van der Waals surface area (Å²) in [7, 11) is 2.87. The molecule has 0 amide bonds. The number of aliphatic hydroxyl groups is 4. The Morgan fingerprint density at radius 1 is 1.05 bits per heavy atom. The van der Waals surface area contributed by atoms with Gasteiger partial charge in [0.05, 0.1) is 31.5 Å². The van der Waals surface area contributed by atoms with Crippen LogP contribution in [-0.2, 0) is 23.7 Å². The molecule has 0 saturated carbocycles. The zero-order valence-electron chi connectivity index (χ0n) is 28.6. The van der Waals surface area contributed by atoms with Gasteiger partial charge < -0.3 is 39.4 Å². The maximum Gasteiger partial charge on any atom is 0.373 e. The molecule has 252 valence electrons. The SMILES string of the molecule is COC1=CC(C)=C[C@@H](C)[C@@H](O)[C@H](C)CC(C)=CC=C[C@H](OC)[C@@H](C(C)C(O)[C@H](C)[C@@]2(O)C[C@@H](O)[C@H](C)[C@@H](C(C)C)O2)OC1=O. The van der Waals surface area contributed by atoms with Crippen LogP contribution in [0.4, 0.5) is 0 Å². The number of carbonyl (C=O) groups excluding carboxylic acids is 1. The summed E-state index contributed by atoms with van der Waals surface area (Å²) in [5, 5.41) is 45.0. The van der Waals surface area contributed by atoms with Crippen molar-refractivity contribution in [2.24, 2.45) is 35.5 Å². The summed E-state index contributed by atoms with van der Waals surface area (Å²) in [4.78, 5) is 13.5. The second kappa shape index (κ2) is 16.5. The minimum Gasteiger partial charge on any atom is -0.490 e. The van der Waals surface area contributed by atoms with E-state index in [4.69, 9.17) is 18.9 Å². The highest BCUT2D eigenvalue weighted by molar-refractivity contribution is 5.87. The summed E-state index contributed by atoms with van der Waals surface area (Å²) < 4.78 is 23.4. The van der Waals surface area contributed by atoms with E-state index in [1.54, 1.807) is 26.0 Å². The van der Waals surface area contributed by atoms with Crippen molar-refractivity contribution in [3.63, 3.8) is 0 Å². The van der Waals surface area contributed by atoms with Crippen LogP contribution in [0.3, 0.4) is 0 Å². The van der Waals surface area contributed by atoms with Crippen molar-refractivity contribution < 1.29 is 44.2 Å². The summed E-state index contributed by atoms with van der Waals surface area (Å²) in [6, 6.07) is 0. The van der Waals surface area contributed by atoms with Gasteiger partial charge in [-0.3, -0.25) is 0 Å². The van der Waals surface area contributed by atoms with E-state index in [0.717, 1.165) is 11.1 Å². The highest BCUT2D eigenvalue weighted by Gasteiger charge is 2.51. The van der Waals surface area contributed by atoms with E-state index in [1.165, 1.54) is 14.2 Å². The van der Waals surface area contributed by atoms with Crippen molar-refractivity contribution in [3.05, 3.63) is 47.3 Å². The van der Waals surface area contributed by atoms with E-state index >= 15 is 0 Å². The maximum absolute atomic E-state index is 13.5. The fourth-order valence-electron chi connectivity index (χ4n) is 6.54. The molecule has 2 aliphatic rings. The lowest BCUT2D eigenvalue weighted by Crippen LogP contribution is -2.59. The number of carbonyl (C=O) groups is 1. The van der Waals surface area contributed by atoms with Gasteiger partial charge in [0.15, 0.2) is 5.79 Å². The van der Waals surface area contributed by atoms with Gasteiger partial charge in [-0.2, -0.15) is 0 Å². The lowest BCUT2D eigenvalue weighted by Gasteiger charge is -2.49. The average molecular weight is 623 g/mol. The number of hydrogen-bond acceptors (Lipinski definition) is 9. The molecule has 44 heavy (non-hydrogen) atoms. The normalized spacial score (nSPS) is 36.9. The molecule has 2 heterocycles. The molecule has 9 heteroatoms. The van der Waals surface area contributed by atoms with Crippen LogP contribution < -0.4 is 0 Å². The Balaban J connectivity index is 2.52. The fraction of sp³-hybridized carbons (Fsp3) is 0.743. The van der Waals surface area contributed by atoms with Crippen molar-refractivity contribution >= 4 is 5.97 Å². The first kappa shape index (κ1) is 38.2. The predicted octanol–water partition coefficient (Wildman–Crippen LogP) is 4.69. The third kappa shape index (κ3) is 9.50. The summed E-state index contributed by atoms with van der Waals surface area (Å²) in [5.74, 6) is -4.49. The summed E-state index contributed by atoms with van der Waals surface area (Å²) in [6.07, 6.45) is 4.85. The van der Waals surface area contributed by atoms with Crippen LogP contribution in [0, 0.1) is 35.5 Å². The lowest BCUT2D eigenvalue weighted by atomic mass is 9.76. The predicted molar refractivity (Wildman–Crippen MR) is 170 cm³/mol. The van der Waals surface area contributed by atoms with Crippen LogP contribution in [0.5, 0.6) is 0 Å². The standard InChI is InChI=1S/C35H58O9/c1-19(2)32-24(7)27(36)18-35(40,44-32)26(9)31(38)25(8)33-28(41-10)14-12-13-20(3)15-22(5)30(37)23(6)16-21(4)17-29(42-11)34(39)43-33/h12-14,16-17,19,22-28,30-33,36-38,40H,15,18H2,1-11H3/t22-,23-,24+,25?,26+,27-,28+,30+,31?,32-,33-,35-/m1/s1. The number of methoxy groups -OCH3 is 2. The molecule has 9 nitrogen and oxygen atoms in total. The third-order valence-corrected chi connectivity index (χ3v) is 9.50. The molecule has 0 aromatic carbocycles. The van der Waals surface area contributed by atoms with Crippen LogP contribution in [0.25, 0.3) is 0 Å². The second-order valence-corrected chi connectivity index (χ2v) is 13.6. The molecule has 0 aromatic heterocycles. The van der Waals surface area contributed by atoms with Crippen LogP contribution in [0.15, 0.2) is 47.3 Å². The topological polar surface area (TPSA) is 135 Å². The van der Waals surface area contributed by atoms with Crippen LogP contribution in [0.2, 0.25) is 0 Å². The number of rotatable bonds is 7. The van der Waals surface area contributed by atoms with Gasteiger partial charge in [-0.1, -0.05) is 83.9 Å². The molecule has 1 saturated heterocycles. The van der Waals surface area contributed by atoms with Crippen molar-refractivity contribution in [2.75, 3.05) is 14.2 Å². The second-order valence-electron chi connectivity index (χ2n) is 13.6. The molecule has 0 aromatic rings. The van der Waals surface area contributed by atoms with Crippen molar-refractivity contribution in [1.29, 1.82) is 0 Å². The van der Waals surface area contributed by atoms with Crippen molar-refractivity contribution in [2.45, 2.75) is 118 Å². The van der Waals surface area contributed by atoms with Gasteiger partial charge in [0.25, 0.3) is 0 Å². The summed E-state index contributed by atoms with van der Waals surface area (Å²) >= 11 is 0. The Kier molecular flexibility index (Phi) is 14.3. The molecule has 0 spiro atoms.